The summed E-state index contributed by atoms with van der Waals surface area (Å²) in [6.45, 7) is 0.217. The minimum absolute atomic E-state index is 0.0526. The molecule has 0 radical (unpaired) electrons. The molecule has 0 amide bonds. The average Bonchev–Trinajstić information content (AvgIpc) is 2.41. The topological polar surface area (TPSA) is 9.23 Å². The molecule has 0 atom stereocenters. The number of rotatable bonds is 4. The standard InChI is InChI=1S/C14H12F2OS/c1-18-11-7-12(15)14(16)13(8-11)17-9-10-5-3-2-4-6-10/h2-8H,9H2,1H3. The van der Waals surface area contributed by atoms with Gasteiger partial charge in [0.1, 0.15) is 6.61 Å². The third kappa shape index (κ3) is 3.01. The van der Waals surface area contributed by atoms with E-state index in [1.165, 1.54) is 17.8 Å². The van der Waals surface area contributed by atoms with E-state index in [-0.39, 0.29) is 12.4 Å². The first-order chi connectivity index (χ1) is 8.70. The Morgan fingerprint density at radius 2 is 1.83 bits per heavy atom. The average molecular weight is 266 g/mol. The summed E-state index contributed by atoms with van der Waals surface area (Å²) in [7, 11) is 0. The van der Waals surface area contributed by atoms with Gasteiger partial charge >= 0.3 is 0 Å². The van der Waals surface area contributed by atoms with Crippen LogP contribution in [0.2, 0.25) is 0 Å². The molecule has 0 heterocycles. The van der Waals surface area contributed by atoms with Gasteiger partial charge in [0, 0.05) is 4.90 Å². The van der Waals surface area contributed by atoms with E-state index < -0.39 is 11.6 Å². The number of ether oxygens (including phenoxy) is 1. The zero-order valence-electron chi connectivity index (χ0n) is 9.82. The Bertz CT molecular complexity index is 529. The van der Waals surface area contributed by atoms with E-state index in [4.69, 9.17) is 4.74 Å². The Kier molecular flexibility index (Phi) is 4.20. The van der Waals surface area contributed by atoms with E-state index in [1.807, 2.05) is 30.3 Å². The second-order valence-electron chi connectivity index (χ2n) is 3.70. The SMILES string of the molecule is CSc1cc(F)c(F)c(OCc2ccccc2)c1. The second kappa shape index (κ2) is 5.87. The van der Waals surface area contributed by atoms with Gasteiger partial charge in [-0.15, -0.1) is 11.8 Å². The van der Waals surface area contributed by atoms with Crippen molar-refractivity contribution in [1.29, 1.82) is 0 Å². The van der Waals surface area contributed by atoms with Gasteiger partial charge in [-0.05, 0) is 24.0 Å². The van der Waals surface area contributed by atoms with Crippen LogP contribution in [0.4, 0.5) is 8.78 Å². The van der Waals surface area contributed by atoms with Crippen molar-refractivity contribution in [3.05, 3.63) is 59.7 Å². The molecule has 0 aromatic heterocycles. The smallest absolute Gasteiger partial charge is 0.200 e. The predicted molar refractivity (Wildman–Crippen MR) is 68.9 cm³/mol. The molecule has 2 aromatic rings. The summed E-state index contributed by atoms with van der Waals surface area (Å²) in [5.74, 6) is -1.88. The van der Waals surface area contributed by atoms with E-state index >= 15 is 0 Å². The normalized spacial score (nSPS) is 10.4. The van der Waals surface area contributed by atoms with Crippen molar-refractivity contribution >= 4 is 11.8 Å². The van der Waals surface area contributed by atoms with Gasteiger partial charge in [0.2, 0.25) is 5.82 Å². The van der Waals surface area contributed by atoms with Crippen molar-refractivity contribution in [1.82, 2.24) is 0 Å². The van der Waals surface area contributed by atoms with E-state index in [2.05, 4.69) is 0 Å². The van der Waals surface area contributed by atoms with Gasteiger partial charge in [-0.2, -0.15) is 4.39 Å². The molecule has 0 spiro atoms. The molecule has 4 heteroatoms. The lowest BCUT2D eigenvalue weighted by Crippen LogP contribution is -1.99. The molecule has 2 rings (SSSR count). The Morgan fingerprint density at radius 1 is 1.11 bits per heavy atom. The lowest BCUT2D eigenvalue weighted by Gasteiger charge is -2.09. The molecule has 2 aromatic carbocycles. The van der Waals surface area contributed by atoms with Crippen LogP contribution >= 0.6 is 11.8 Å². The predicted octanol–water partition coefficient (Wildman–Crippen LogP) is 4.27. The Morgan fingerprint density at radius 3 is 2.50 bits per heavy atom. The fourth-order valence-electron chi connectivity index (χ4n) is 1.50. The minimum Gasteiger partial charge on any atom is -0.486 e. The lowest BCUT2D eigenvalue weighted by molar-refractivity contribution is 0.283. The monoisotopic (exact) mass is 266 g/mol. The molecule has 1 nitrogen and oxygen atoms in total. The third-order valence-electron chi connectivity index (χ3n) is 2.44. The Balaban J connectivity index is 2.16. The van der Waals surface area contributed by atoms with Crippen molar-refractivity contribution in [2.75, 3.05) is 6.26 Å². The molecule has 0 saturated carbocycles. The minimum atomic E-state index is -0.941. The number of thioether (sulfide) groups is 1. The maximum Gasteiger partial charge on any atom is 0.200 e. The molecule has 0 aliphatic rings. The van der Waals surface area contributed by atoms with Crippen molar-refractivity contribution in [2.45, 2.75) is 11.5 Å². The molecule has 0 unspecified atom stereocenters. The first-order valence-electron chi connectivity index (χ1n) is 5.40. The number of hydrogen-bond acceptors (Lipinski definition) is 2. The molecule has 0 saturated heterocycles. The van der Waals surface area contributed by atoms with Crippen LogP contribution in [0.5, 0.6) is 5.75 Å². The molecular weight excluding hydrogens is 254 g/mol. The van der Waals surface area contributed by atoms with E-state index in [1.54, 1.807) is 6.26 Å². The Labute approximate surface area is 109 Å². The summed E-state index contributed by atoms with van der Waals surface area (Å²) < 4.78 is 32.1. The molecule has 0 aliphatic heterocycles. The fourth-order valence-corrected chi connectivity index (χ4v) is 1.94. The summed E-state index contributed by atoms with van der Waals surface area (Å²) in [6, 6.07) is 12.0. The van der Waals surface area contributed by atoms with Crippen LogP contribution in [-0.2, 0) is 6.61 Å². The van der Waals surface area contributed by atoms with Crippen molar-refractivity contribution in [3.8, 4) is 5.75 Å². The number of hydrogen-bond donors (Lipinski definition) is 0. The highest BCUT2D eigenvalue weighted by atomic mass is 32.2. The number of benzene rings is 2. The summed E-state index contributed by atoms with van der Waals surface area (Å²) >= 11 is 1.34. The molecule has 18 heavy (non-hydrogen) atoms. The highest BCUT2D eigenvalue weighted by Gasteiger charge is 2.11. The van der Waals surface area contributed by atoms with Gasteiger partial charge < -0.3 is 4.74 Å². The maximum atomic E-state index is 13.5. The van der Waals surface area contributed by atoms with E-state index in [9.17, 15) is 8.78 Å². The molecule has 0 aliphatic carbocycles. The highest BCUT2D eigenvalue weighted by Crippen LogP contribution is 2.27. The largest absolute Gasteiger partial charge is 0.486 e. The van der Waals surface area contributed by atoms with Gasteiger partial charge in [0.05, 0.1) is 0 Å². The molecule has 94 valence electrons. The van der Waals surface area contributed by atoms with Gasteiger partial charge in [-0.3, -0.25) is 0 Å². The summed E-state index contributed by atoms with van der Waals surface area (Å²) in [4.78, 5) is 0.636. The van der Waals surface area contributed by atoms with Crippen LogP contribution in [0.1, 0.15) is 5.56 Å². The quantitative estimate of drug-likeness (QED) is 0.764. The molecule has 0 N–H and O–H groups in total. The van der Waals surface area contributed by atoms with Crippen LogP contribution in [0.3, 0.4) is 0 Å². The van der Waals surface area contributed by atoms with Crippen LogP contribution < -0.4 is 4.74 Å². The van der Waals surface area contributed by atoms with Gasteiger partial charge in [0.25, 0.3) is 0 Å². The second-order valence-corrected chi connectivity index (χ2v) is 4.58. The van der Waals surface area contributed by atoms with Crippen molar-refractivity contribution in [3.63, 3.8) is 0 Å². The molecular formula is C14H12F2OS. The first kappa shape index (κ1) is 12.9. The highest BCUT2D eigenvalue weighted by molar-refractivity contribution is 7.98. The van der Waals surface area contributed by atoms with Gasteiger partial charge in [-0.1, -0.05) is 30.3 Å². The van der Waals surface area contributed by atoms with Crippen LogP contribution in [0.25, 0.3) is 0 Å². The zero-order valence-corrected chi connectivity index (χ0v) is 10.6. The lowest BCUT2D eigenvalue weighted by atomic mass is 10.2. The van der Waals surface area contributed by atoms with Crippen LogP contribution in [0.15, 0.2) is 47.4 Å². The van der Waals surface area contributed by atoms with Gasteiger partial charge in [0.15, 0.2) is 11.6 Å². The molecule has 0 fully saturated rings. The van der Waals surface area contributed by atoms with E-state index in [0.29, 0.717) is 4.90 Å². The summed E-state index contributed by atoms with van der Waals surface area (Å²) in [6.07, 6.45) is 1.80. The number of halogens is 2. The van der Waals surface area contributed by atoms with E-state index in [0.717, 1.165) is 11.6 Å². The van der Waals surface area contributed by atoms with Crippen molar-refractivity contribution < 1.29 is 13.5 Å². The maximum absolute atomic E-state index is 13.5. The molecule has 0 bridgehead atoms. The first-order valence-corrected chi connectivity index (χ1v) is 6.63. The van der Waals surface area contributed by atoms with Gasteiger partial charge in [-0.25, -0.2) is 4.39 Å². The fraction of sp³-hybridized carbons (Fsp3) is 0.143. The van der Waals surface area contributed by atoms with Crippen LogP contribution in [0, 0.1) is 11.6 Å². The van der Waals surface area contributed by atoms with Crippen LogP contribution in [-0.4, -0.2) is 6.26 Å². The summed E-state index contributed by atoms with van der Waals surface area (Å²) in [5.41, 5.74) is 0.909. The zero-order chi connectivity index (χ0) is 13.0. The summed E-state index contributed by atoms with van der Waals surface area (Å²) in [5, 5.41) is 0. The van der Waals surface area contributed by atoms with Crippen molar-refractivity contribution in [2.24, 2.45) is 0 Å². The third-order valence-corrected chi connectivity index (χ3v) is 3.15. The Hall–Kier alpha value is -1.55.